The number of carbonyl (C=O) groups is 4. The summed E-state index contributed by atoms with van der Waals surface area (Å²) in [7, 11) is 2.63. The molecule has 4 amide bonds. The minimum Gasteiger partial charge on any atom is -0.452 e. The Morgan fingerprint density at radius 2 is 1.49 bits per heavy atom. The first-order chi connectivity index (χ1) is 26.3. The average Bonchev–Trinajstić information content (AvgIpc) is 3.89. The molecule has 6 atom stereocenters. The maximum Gasteiger partial charge on any atom is 0.425 e. The minimum absolute atomic E-state index is 0.0518. The lowest BCUT2D eigenvalue weighted by molar-refractivity contribution is -0.147. The third kappa shape index (κ3) is 9.91. The maximum atomic E-state index is 13.6. The Labute approximate surface area is 323 Å². The molecule has 5 rings (SSSR count). The predicted octanol–water partition coefficient (Wildman–Crippen LogP) is 5.44. The van der Waals surface area contributed by atoms with E-state index in [1.165, 1.54) is 19.2 Å². The van der Waals surface area contributed by atoms with Gasteiger partial charge in [0, 0.05) is 25.6 Å². The van der Waals surface area contributed by atoms with Gasteiger partial charge < -0.3 is 29.8 Å². The summed E-state index contributed by atoms with van der Waals surface area (Å²) in [6.07, 6.45) is 4.37. The van der Waals surface area contributed by atoms with Gasteiger partial charge in [-0.15, -0.1) is 0 Å². The molecule has 1 aromatic heterocycles. The van der Waals surface area contributed by atoms with Gasteiger partial charge in [-0.25, -0.2) is 20.2 Å². The minimum atomic E-state index is -1.23. The zero-order valence-corrected chi connectivity index (χ0v) is 33.0. The largest absolute Gasteiger partial charge is 0.452 e. The molecular formula is C41H57N7O7. The fourth-order valence-electron chi connectivity index (χ4n) is 7.63. The summed E-state index contributed by atoms with van der Waals surface area (Å²) in [5.74, 6) is -0.893. The molecule has 3 aromatic rings. The number of carbonyl (C=O) groups excluding carboxylic acids is 4. The summed E-state index contributed by atoms with van der Waals surface area (Å²) in [6.45, 7) is 10.0. The third-order valence-corrected chi connectivity index (χ3v) is 10.8. The number of amides is 4. The van der Waals surface area contributed by atoms with Gasteiger partial charge in [0.05, 0.1) is 43.0 Å². The van der Waals surface area contributed by atoms with Crippen LogP contribution in [0.25, 0.3) is 22.4 Å². The molecule has 2 aliphatic rings. The Morgan fingerprint density at radius 3 is 2.09 bits per heavy atom. The van der Waals surface area contributed by atoms with Crippen molar-refractivity contribution in [3.63, 3.8) is 0 Å². The summed E-state index contributed by atoms with van der Waals surface area (Å²) in [5, 5.41) is 17.3. The van der Waals surface area contributed by atoms with Crippen LogP contribution in [0.15, 0.2) is 54.7 Å². The van der Waals surface area contributed by atoms with Gasteiger partial charge in [0.15, 0.2) is 0 Å². The van der Waals surface area contributed by atoms with Gasteiger partial charge in [-0.2, -0.15) is 0 Å². The number of benzene rings is 2. The molecule has 298 valence electrons. The highest BCUT2D eigenvalue weighted by Gasteiger charge is 2.40. The van der Waals surface area contributed by atoms with Crippen molar-refractivity contribution in [3.8, 4) is 22.4 Å². The van der Waals surface area contributed by atoms with Gasteiger partial charge in [0.1, 0.15) is 5.82 Å². The van der Waals surface area contributed by atoms with Crippen LogP contribution in [0.2, 0.25) is 0 Å². The summed E-state index contributed by atoms with van der Waals surface area (Å²) >= 11 is 0. The number of methoxy groups -OCH3 is 2. The molecule has 1 aliphatic heterocycles. The molecule has 1 aliphatic carbocycles. The van der Waals surface area contributed by atoms with Crippen LogP contribution >= 0.6 is 0 Å². The van der Waals surface area contributed by atoms with Crippen molar-refractivity contribution >= 4 is 23.8 Å². The molecular weight excluding hydrogens is 702 g/mol. The highest BCUT2D eigenvalue weighted by atomic mass is 16.6. The monoisotopic (exact) mass is 759 g/mol. The van der Waals surface area contributed by atoms with Crippen molar-refractivity contribution < 1.29 is 33.8 Å². The Kier molecular flexibility index (Phi) is 14.1. The molecule has 3 unspecified atom stereocenters. The van der Waals surface area contributed by atoms with Crippen molar-refractivity contribution in [1.82, 2.24) is 35.9 Å². The van der Waals surface area contributed by atoms with Crippen LogP contribution in [0.5, 0.6) is 0 Å². The van der Waals surface area contributed by atoms with E-state index in [9.17, 15) is 24.3 Å². The predicted molar refractivity (Wildman–Crippen MR) is 207 cm³/mol. The molecule has 2 fully saturated rings. The smallest absolute Gasteiger partial charge is 0.425 e. The lowest BCUT2D eigenvalue weighted by Crippen LogP contribution is -2.54. The lowest BCUT2D eigenvalue weighted by atomic mass is 9.77. The molecule has 0 radical (unpaired) electrons. The van der Waals surface area contributed by atoms with Crippen molar-refractivity contribution in [2.75, 3.05) is 20.8 Å². The number of aromatic nitrogens is 2. The SMILES string of the molecule is COC(=O)NN(C(=O)C1CCCCC1C(=O)N[C@H](C)c1ccc(-c2ccc(-c3cnc([C@@H]4CCCN4C(=O)[C@@H](NC(O)OC)C(C)C)[nH]3)cc2)cc1)C(C)C. The fraction of sp³-hybridized carbons (Fsp3) is 0.537. The number of hydrazine groups is 1. The standard InChI is InChI=1S/C41H57N7O7/c1-24(2)35(45-40(52)54-6)39(51)47-22-10-13-34(47)36-42-23-33(44-36)30-20-18-29(19-21-30)28-16-14-27(15-17-28)26(5)43-37(49)31-11-8-9-12-32(31)38(50)48(25(3)4)46-41(53)55-7/h14-21,23-26,31-32,34-35,40,45,52H,8-13,22H2,1-7H3,(H,42,44)(H,43,49)(H,46,53)/t26-,31?,32?,34+,35+,40?/m1/s1. The van der Waals surface area contributed by atoms with E-state index in [1.807, 2.05) is 62.1 Å². The van der Waals surface area contributed by atoms with E-state index in [0.717, 1.165) is 59.5 Å². The first-order valence-corrected chi connectivity index (χ1v) is 19.3. The molecule has 1 saturated carbocycles. The number of aliphatic hydroxyl groups excluding tert-OH is 1. The number of hydrogen-bond donors (Lipinski definition) is 5. The second kappa shape index (κ2) is 18.7. The average molecular weight is 760 g/mol. The normalized spacial score (nSPS) is 20.2. The van der Waals surface area contributed by atoms with Gasteiger partial charge >= 0.3 is 6.09 Å². The fourth-order valence-corrected chi connectivity index (χ4v) is 7.63. The first kappa shape index (κ1) is 41.4. The zero-order valence-electron chi connectivity index (χ0n) is 33.0. The Bertz CT molecular complexity index is 1760. The van der Waals surface area contributed by atoms with Gasteiger partial charge in [0.25, 0.3) is 0 Å². The first-order valence-electron chi connectivity index (χ1n) is 19.3. The van der Waals surface area contributed by atoms with Crippen molar-refractivity contribution in [2.45, 2.75) is 104 Å². The molecule has 0 bridgehead atoms. The summed E-state index contributed by atoms with van der Waals surface area (Å²) in [4.78, 5) is 62.6. The van der Waals surface area contributed by atoms with E-state index in [0.29, 0.717) is 19.4 Å². The topological polar surface area (TPSA) is 178 Å². The van der Waals surface area contributed by atoms with Crippen LogP contribution in [0.3, 0.4) is 0 Å². The van der Waals surface area contributed by atoms with E-state index in [2.05, 4.69) is 38.2 Å². The summed E-state index contributed by atoms with van der Waals surface area (Å²) < 4.78 is 9.65. The van der Waals surface area contributed by atoms with E-state index in [4.69, 9.17) is 9.47 Å². The third-order valence-electron chi connectivity index (χ3n) is 10.8. The molecule has 0 spiro atoms. The number of imidazole rings is 1. The summed E-state index contributed by atoms with van der Waals surface area (Å²) in [6, 6.07) is 14.9. The highest BCUT2D eigenvalue weighted by molar-refractivity contribution is 5.89. The lowest BCUT2D eigenvalue weighted by Gasteiger charge is -2.35. The van der Waals surface area contributed by atoms with E-state index < -0.39 is 30.4 Å². The van der Waals surface area contributed by atoms with Crippen LogP contribution in [0.1, 0.15) is 96.6 Å². The van der Waals surface area contributed by atoms with Crippen LogP contribution in [-0.4, -0.2) is 88.1 Å². The van der Waals surface area contributed by atoms with Gasteiger partial charge in [-0.3, -0.25) is 19.7 Å². The molecule has 2 heterocycles. The van der Waals surface area contributed by atoms with E-state index >= 15 is 0 Å². The quantitative estimate of drug-likeness (QED) is 0.112. The second-order valence-corrected chi connectivity index (χ2v) is 15.2. The molecule has 1 saturated heterocycles. The number of nitrogens with one attached hydrogen (secondary N) is 4. The second-order valence-electron chi connectivity index (χ2n) is 15.2. The number of H-pyrrole nitrogens is 1. The van der Waals surface area contributed by atoms with Crippen molar-refractivity contribution in [2.24, 2.45) is 17.8 Å². The van der Waals surface area contributed by atoms with E-state index in [-0.39, 0.29) is 41.8 Å². The van der Waals surface area contributed by atoms with Crippen LogP contribution < -0.4 is 16.1 Å². The molecule has 14 heteroatoms. The molecule has 14 nitrogen and oxygen atoms in total. The molecule has 5 N–H and O–H groups in total. The number of likely N-dealkylation sites (tertiary alicyclic amines) is 1. The van der Waals surface area contributed by atoms with Gasteiger partial charge in [0.2, 0.25) is 24.1 Å². The van der Waals surface area contributed by atoms with Gasteiger partial charge in [-0.1, -0.05) is 75.2 Å². The number of rotatable bonds is 13. The number of aliphatic hydroxyl groups is 1. The highest BCUT2D eigenvalue weighted by Crippen LogP contribution is 2.35. The Balaban J connectivity index is 1.21. The van der Waals surface area contributed by atoms with Crippen LogP contribution in [0, 0.1) is 17.8 Å². The molecule has 2 aromatic carbocycles. The van der Waals surface area contributed by atoms with Crippen molar-refractivity contribution in [3.05, 3.63) is 66.1 Å². The number of ether oxygens (including phenoxy) is 2. The summed E-state index contributed by atoms with van der Waals surface area (Å²) in [5.41, 5.74) is 7.33. The Hall–Kier alpha value is -4.79. The van der Waals surface area contributed by atoms with Crippen LogP contribution in [-0.2, 0) is 23.9 Å². The van der Waals surface area contributed by atoms with Gasteiger partial charge in [-0.05, 0) is 74.6 Å². The van der Waals surface area contributed by atoms with Crippen molar-refractivity contribution in [1.29, 1.82) is 0 Å². The number of aromatic amines is 1. The maximum absolute atomic E-state index is 13.6. The zero-order chi connectivity index (χ0) is 39.8. The number of nitrogens with zero attached hydrogens (tertiary/aromatic N) is 3. The van der Waals surface area contributed by atoms with Crippen LogP contribution in [0.4, 0.5) is 4.79 Å². The molecule has 55 heavy (non-hydrogen) atoms. The Morgan fingerprint density at radius 1 is 0.873 bits per heavy atom. The van der Waals surface area contributed by atoms with E-state index in [1.54, 1.807) is 20.0 Å². The number of hydrogen-bond acceptors (Lipinski definition) is 9.